The number of rotatable bonds is 15. The van der Waals surface area contributed by atoms with Gasteiger partial charge in [-0.1, -0.05) is 30.3 Å². The summed E-state index contributed by atoms with van der Waals surface area (Å²) in [5.41, 5.74) is 12.0. The molecule has 0 radical (unpaired) electrons. The third-order valence-electron chi connectivity index (χ3n) is 6.56. The Hall–Kier alpha value is -3.55. The zero-order chi connectivity index (χ0) is 28.9. The van der Waals surface area contributed by atoms with Crippen molar-refractivity contribution in [3.63, 3.8) is 0 Å². The molecule has 0 aliphatic carbocycles. The zero-order valence-electron chi connectivity index (χ0n) is 22.2. The van der Waals surface area contributed by atoms with Crippen LogP contribution in [-0.4, -0.2) is 94.6 Å². The molecule has 1 fully saturated rings. The molecule has 1 heterocycles. The lowest BCUT2D eigenvalue weighted by Gasteiger charge is -2.27. The molecule has 1 aliphatic rings. The average molecular weight is 549 g/mol. The molecule has 1 aliphatic heterocycles. The average Bonchev–Trinajstić information content (AvgIpc) is 3.40. The van der Waals surface area contributed by atoms with E-state index in [2.05, 4.69) is 16.0 Å². The minimum atomic E-state index is -1.21. The fourth-order valence-electron chi connectivity index (χ4n) is 4.32. The van der Waals surface area contributed by atoms with E-state index in [0.717, 1.165) is 5.56 Å². The highest BCUT2D eigenvalue weighted by Crippen LogP contribution is 2.19. The Kier molecular flexibility index (Phi) is 12.8. The quantitative estimate of drug-likeness (QED) is 0.123. The molecule has 1 saturated heterocycles. The van der Waals surface area contributed by atoms with Gasteiger partial charge in [-0.15, -0.1) is 0 Å². The van der Waals surface area contributed by atoms with E-state index < -0.39 is 66.4 Å². The number of carbonyl (C=O) groups is 5. The number of unbranched alkanes of at least 4 members (excludes halogenated alkanes) is 1. The summed E-state index contributed by atoms with van der Waals surface area (Å²) in [4.78, 5) is 64.0. The number of hydrogen-bond donors (Lipinski definition) is 7. The van der Waals surface area contributed by atoms with E-state index >= 15 is 0 Å². The van der Waals surface area contributed by atoms with Crippen molar-refractivity contribution in [2.24, 2.45) is 11.5 Å². The summed E-state index contributed by atoms with van der Waals surface area (Å²) < 4.78 is 0. The van der Waals surface area contributed by atoms with Crippen LogP contribution in [0.4, 0.5) is 0 Å². The molecule has 0 saturated carbocycles. The number of amides is 4. The van der Waals surface area contributed by atoms with Crippen molar-refractivity contribution in [2.75, 3.05) is 19.6 Å². The topological polar surface area (TPSA) is 217 Å². The number of aliphatic hydroxyl groups excluding tert-OH is 1. The van der Waals surface area contributed by atoms with Crippen molar-refractivity contribution in [1.29, 1.82) is 0 Å². The minimum absolute atomic E-state index is 0.0662. The second kappa shape index (κ2) is 15.8. The maximum absolute atomic E-state index is 13.0. The summed E-state index contributed by atoms with van der Waals surface area (Å²) >= 11 is 0. The van der Waals surface area contributed by atoms with Gasteiger partial charge in [0.05, 0.1) is 12.6 Å². The second-order valence-electron chi connectivity index (χ2n) is 9.67. The van der Waals surface area contributed by atoms with Gasteiger partial charge in [-0.3, -0.25) is 19.2 Å². The van der Waals surface area contributed by atoms with Crippen molar-refractivity contribution in [3.05, 3.63) is 35.9 Å². The van der Waals surface area contributed by atoms with E-state index in [1.807, 2.05) is 0 Å². The summed E-state index contributed by atoms with van der Waals surface area (Å²) in [5, 5.41) is 26.8. The number of benzene rings is 1. The molecule has 0 unspecified atom stereocenters. The highest BCUT2D eigenvalue weighted by atomic mass is 16.4. The van der Waals surface area contributed by atoms with Crippen LogP contribution in [-0.2, 0) is 30.4 Å². The standard InChI is InChI=1S/C26H40N6O7/c1-16(33)22(28)25(37)32-13-7-11-20(32)24(36)29-15-21(34)30-18(10-5-6-12-27)23(35)31-19(26(38)39)14-17-8-3-2-4-9-17/h2-4,8-9,16,18-20,22,33H,5-7,10-15,27-28H2,1H3,(H,29,36)(H,30,34)(H,31,35)(H,38,39)/t16-,18+,19+,20+,22+/m1/s1. The highest BCUT2D eigenvalue weighted by Gasteiger charge is 2.37. The molecule has 216 valence electrons. The van der Waals surface area contributed by atoms with E-state index in [9.17, 15) is 34.2 Å². The monoisotopic (exact) mass is 548 g/mol. The van der Waals surface area contributed by atoms with Gasteiger partial charge < -0.3 is 42.5 Å². The summed E-state index contributed by atoms with van der Waals surface area (Å²) in [5.74, 6) is -3.62. The number of likely N-dealkylation sites (tertiary alicyclic amines) is 1. The van der Waals surface area contributed by atoms with Crippen LogP contribution in [0, 0.1) is 0 Å². The van der Waals surface area contributed by atoms with Crippen molar-refractivity contribution in [1.82, 2.24) is 20.9 Å². The predicted octanol–water partition coefficient (Wildman–Crippen LogP) is -1.77. The molecule has 1 aromatic rings. The van der Waals surface area contributed by atoms with Crippen LogP contribution in [0.1, 0.15) is 44.6 Å². The molecular weight excluding hydrogens is 508 g/mol. The Balaban J connectivity index is 1.98. The molecule has 39 heavy (non-hydrogen) atoms. The second-order valence-corrected chi connectivity index (χ2v) is 9.67. The lowest BCUT2D eigenvalue weighted by atomic mass is 10.0. The maximum atomic E-state index is 13.0. The number of aliphatic carboxylic acids is 1. The van der Waals surface area contributed by atoms with Crippen molar-refractivity contribution in [2.45, 2.75) is 75.7 Å². The van der Waals surface area contributed by atoms with Crippen molar-refractivity contribution >= 4 is 29.6 Å². The minimum Gasteiger partial charge on any atom is -0.480 e. The van der Waals surface area contributed by atoms with Crippen molar-refractivity contribution < 1.29 is 34.2 Å². The lowest BCUT2D eigenvalue weighted by Crippen LogP contribution is -2.56. The number of carboxylic acids is 1. The number of nitrogens with one attached hydrogen (secondary N) is 3. The summed E-state index contributed by atoms with van der Waals surface area (Å²) in [6.07, 6.45) is 1.28. The molecule has 13 heteroatoms. The van der Waals surface area contributed by atoms with Gasteiger partial charge >= 0.3 is 5.97 Å². The smallest absolute Gasteiger partial charge is 0.326 e. The number of carbonyl (C=O) groups excluding carboxylic acids is 4. The molecule has 1 aromatic carbocycles. The molecular formula is C26H40N6O7. The molecule has 5 atom stereocenters. The maximum Gasteiger partial charge on any atom is 0.326 e. The Morgan fingerprint density at radius 2 is 1.77 bits per heavy atom. The van der Waals surface area contributed by atoms with Crippen LogP contribution in [0.5, 0.6) is 0 Å². The highest BCUT2D eigenvalue weighted by molar-refractivity contribution is 5.94. The largest absolute Gasteiger partial charge is 0.480 e. The van der Waals surface area contributed by atoms with Gasteiger partial charge in [-0.25, -0.2) is 4.79 Å². The van der Waals surface area contributed by atoms with E-state index in [1.54, 1.807) is 30.3 Å². The molecule has 2 rings (SSSR count). The van der Waals surface area contributed by atoms with Crippen LogP contribution in [0.25, 0.3) is 0 Å². The Morgan fingerprint density at radius 1 is 1.08 bits per heavy atom. The summed E-state index contributed by atoms with van der Waals surface area (Å²) in [6, 6.07) is 4.61. The molecule has 0 aromatic heterocycles. The number of nitrogens with two attached hydrogens (primary N) is 2. The Morgan fingerprint density at radius 3 is 2.38 bits per heavy atom. The molecule has 4 amide bonds. The molecule has 13 nitrogen and oxygen atoms in total. The number of carboxylic acid groups (broad SMARTS) is 1. The van der Waals surface area contributed by atoms with E-state index in [0.29, 0.717) is 38.8 Å². The number of aliphatic hydroxyl groups is 1. The first-order chi connectivity index (χ1) is 18.5. The summed E-state index contributed by atoms with van der Waals surface area (Å²) in [7, 11) is 0. The first-order valence-electron chi connectivity index (χ1n) is 13.1. The van der Waals surface area contributed by atoms with E-state index in [4.69, 9.17) is 11.5 Å². The van der Waals surface area contributed by atoms with Gasteiger partial charge in [0.25, 0.3) is 0 Å². The van der Waals surface area contributed by atoms with Crippen LogP contribution >= 0.6 is 0 Å². The van der Waals surface area contributed by atoms with Gasteiger partial charge in [0.2, 0.25) is 23.6 Å². The Labute approximate surface area is 227 Å². The lowest BCUT2D eigenvalue weighted by molar-refractivity contribution is -0.142. The number of hydrogen-bond acceptors (Lipinski definition) is 8. The Bertz CT molecular complexity index is 990. The van der Waals surface area contributed by atoms with Crippen LogP contribution in [0.3, 0.4) is 0 Å². The first-order valence-corrected chi connectivity index (χ1v) is 13.1. The fourth-order valence-corrected chi connectivity index (χ4v) is 4.32. The normalized spacial score (nSPS) is 17.9. The van der Waals surface area contributed by atoms with Gasteiger partial charge in [-0.2, -0.15) is 0 Å². The SMILES string of the molecule is C[C@@H](O)[C@H](N)C(=O)N1CCC[C@H]1C(=O)NCC(=O)N[C@@H](CCCCN)C(=O)N[C@@H](Cc1ccccc1)C(=O)O. The molecule has 0 bridgehead atoms. The molecule has 9 N–H and O–H groups in total. The van der Waals surface area contributed by atoms with Crippen LogP contribution in [0.2, 0.25) is 0 Å². The van der Waals surface area contributed by atoms with E-state index in [-0.39, 0.29) is 12.8 Å². The van der Waals surface area contributed by atoms with Crippen molar-refractivity contribution in [3.8, 4) is 0 Å². The first kappa shape index (κ1) is 31.7. The van der Waals surface area contributed by atoms with Gasteiger partial charge in [0.1, 0.15) is 24.2 Å². The zero-order valence-corrected chi connectivity index (χ0v) is 22.2. The third kappa shape index (κ3) is 9.93. The van der Waals surface area contributed by atoms with Crippen LogP contribution in [0.15, 0.2) is 30.3 Å². The molecule has 0 spiro atoms. The van der Waals surface area contributed by atoms with Gasteiger partial charge in [-0.05, 0) is 51.1 Å². The van der Waals surface area contributed by atoms with Gasteiger partial charge in [0.15, 0.2) is 0 Å². The van der Waals surface area contributed by atoms with Crippen LogP contribution < -0.4 is 27.4 Å². The third-order valence-corrected chi connectivity index (χ3v) is 6.56. The van der Waals surface area contributed by atoms with E-state index in [1.165, 1.54) is 11.8 Å². The fraction of sp³-hybridized carbons (Fsp3) is 0.577. The van der Waals surface area contributed by atoms with Gasteiger partial charge in [0, 0.05) is 13.0 Å². The summed E-state index contributed by atoms with van der Waals surface area (Å²) in [6.45, 7) is 1.63. The predicted molar refractivity (Wildman–Crippen MR) is 142 cm³/mol. The number of nitrogens with zero attached hydrogens (tertiary/aromatic N) is 1.